The van der Waals surface area contributed by atoms with Crippen LogP contribution in [0.5, 0.6) is 0 Å². The molecule has 0 saturated carbocycles. The lowest BCUT2D eigenvalue weighted by atomic mass is 10.3. The van der Waals surface area contributed by atoms with Gasteiger partial charge in [0.15, 0.2) is 0 Å². The summed E-state index contributed by atoms with van der Waals surface area (Å²) in [6.07, 6.45) is 2.28. The zero-order valence-electron chi connectivity index (χ0n) is 7.51. The maximum atomic E-state index is 10.9. The molecule has 0 aromatic heterocycles. The van der Waals surface area contributed by atoms with Gasteiger partial charge in [0.25, 0.3) is 0 Å². The molecule has 76 valence electrons. The maximum absolute atomic E-state index is 10.9. The van der Waals surface area contributed by atoms with Crippen molar-refractivity contribution in [2.45, 2.75) is 12.8 Å². The molecule has 5 N–H and O–H groups in total. The minimum atomic E-state index is -0.173. The van der Waals surface area contributed by atoms with Crippen molar-refractivity contribution in [2.75, 3.05) is 19.6 Å². The number of nitrogens with two attached hydrogens (primary N) is 1. The van der Waals surface area contributed by atoms with Crippen LogP contribution in [0.2, 0.25) is 0 Å². The van der Waals surface area contributed by atoms with E-state index in [1.54, 1.807) is 0 Å². The normalized spacial score (nSPS) is 9.31. The molecule has 0 bridgehead atoms. The molecule has 0 fully saturated rings. The first-order valence-corrected chi connectivity index (χ1v) is 4.18. The van der Waals surface area contributed by atoms with Crippen molar-refractivity contribution >= 4 is 12.3 Å². The Morgan fingerprint density at radius 1 is 1.31 bits per heavy atom. The van der Waals surface area contributed by atoms with Gasteiger partial charge in [0.05, 0.1) is 6.54 Å². The third-order valence-electron chi connectivity index (χ3n) is 1.42. The average molecular weight is 188 g/mol. The number of unbranched alkanes of at least 4 members (excludes halogenated alkanes) is 1. The largest absolute Gasteiger partial charge is 0.355 e. The smallest absolute Gasteiger partial charge is 0.239 e. The van der Waals surface area contributed by atoms with Crippen LogP contribution in [-0.2, 0) is 9.59 Å². The lowest BCUT2D eigenvalue weighted by Gasteiger charge is -2.03. The Balaban J connectivity index is 3.12. The Bertz CT molecular complexity index is 151. The molecule has 0 unspecified atom stereocenters. The topological polar surface area (TPSA) is 96.2 Å². The highest BCUT2D eigenvalue weighted by molar-refractivity contribution is 5.79. The van der Waals surface area contributed by atoms with Crippen molar-refractivity contribution in [1.82, 2.24) is 16.1 Å². The fourth-order valence-corrected chi connectivity index (χ4v) is 0.777. The molecule has 6 heteroatoms. The third-order valence-corrected chi connectivity index (χ3v) is 1.42. The van der Waals surface area contributed by atoms with E-state index in [9.17, 15) is 9.59 Å². The monoisotopic (exact) mass is 188 g/mol. The minimum absolute atomic E-state index is 0.0403. The highest BCUT2D eigenvalue weighted by Gasteiger charge is 1.97. The van der Waals surface area contributed by atoms with E-state index in [4.69, 9.17) is 5.84 Å². The average Bonchev–Trinajstić information content (AvgIpc) is 2.14. The van der Waals surface area contributed by atoms with Crippen molar-refractivity contribution < 1.29 is 9.59 Å². The lowest BCUT2D eigenvalue weighted by Crippen LogP contribution is -2.34. The van der Waals surface area contributed by atoms with Crippen LogP contribution in [0.1, 0.15) is 12.8 Å². The van der Waals surface area contributed by atoms with E-state index < -0.39 is 0 Å². The predicted molar refractivity (Wildman–Crippen MR) is 48.5 cm³/mol. The molecule has 0 heterocycles. The first-order valence-electron chi connectivity index (χ1n) is 4.18. The summed E-state index contributed by atoms with van der Waals surface area (Å²) in [5, 5.41) is 4.92. The maximum Gasteiger partial charge on any atom is 0.239 e. The van der Waals surface area contributed by atoms with Gasteiger partial charge in [-0.2, -0.15) is 0 Å². The molecular weight excluding hydrogens is 172 g/mol. The number of carbonyl (C=O) groups excluding carboxylic acids is 2. The molecule has 6 nitrogen and oxygen atoms in total. The van der Waals surface area contributed by atoms with Crippen molar-refractivity contribution in [1.29, 1.82) is 0 Å². The summed E-state index contributed by atoms with van der Waals surface area (Å²) in [4.78, 5) is 20.7. The van der Waals surface area contributed by atoms with Gasteiger partial charge in [-0.15, -0.1) is 0 Å². The van der Waals surface area contributed by atoms with E-state index in [0.29, 0.717) is 13.0 Å². The molecule has 13 heavy (non-hydrogen) atoms. The number of rotatable bonds is 8. The third kappa shape index (κ3) is 8.77. The van der Waals surface area contributed by atoms with Crippen LogP contribution in [-0.4, -0.2) is 32.0 Å². The molecule has 0 aromatic rings. The Kier molecular flexibility index (Phi) is 8.17. The molecule has 0 spiro atoms. The summed E-state index contributed by atoms with van der Waals surface area (Å²) in [5.41, 5.74) is 2.52. The number of hydrogen-bond acceptors (Lipinski definition) is 4. The molecule has 0 aliphatic heterocycles. The van der Waals surface area contributed by atoms with E-state index in [0.717, 1.165) is 19.4 Å². The molecule has 0 aromatic carbocycles. The quantitative estimate of drug-likeness (QED) is 0.155. The van der Waals surface area contributed by atoms with E-state index >= 15 is 0 Å². The summed E-state index contributed by atoms with van der Waals surface area (Å²) in [6, 6.07) is 0. The van der Waals surface area contributed by atoms with Gasteiger partial charge >= 0.3 is 0 Å². The Morgan fingerprint density at radius 2 is 2.00 bits per heavy atom. The van der Waals surface area contributed by atoms with Gasteiger partial charge in [-0.3, -0.25) is 20.9 Å². The van der Waals surface area contributed by atoms with E-state index in [-0.39, 0.29) is 12.5 Å². The van der Waals surface area contributed by atoms with Gasteiger partial charge in [-0.05, 0) is 12.8 Å². The van der Waals surface area contributed by atoms with E-state index in [2.05, 4.69) is 16.1 Å². The molecule has 2 amide bonds. The van der Waals surface area contributed by atoms with Crippen LogP contribution in [0, 0.1) is 0 Å². The Labute approximate surface area is 77.2 Å². The predicted octanol–water partition coefficient (Wildman–Crippen LogP) is -1.91. The zero-order chi connectivity index (χ0) is 9.94. The fraction of sp³-hybridized carbons (Fsp3) is 0.714. The molecule has 0 radical (unpaired) electrons. The number of carbonyl (C=O) groups is 2. The van der Waals surface area contributed by atoms with Gasteiger partial charge in [0.2, 0.25) is 12.3 Å². The molecular formula is C7H16N4O2. The number of hydrogen-bond donors (Lipinski definition) is 4. The van der Waals surface area contributed by atoms with Crippen LogP contribution in [0.15, 0.2) is 0 Å². The summed E-state index contributed by atoms with van der Waals surface area (Å²) < 4.78 is 0. The van der Waals surface area contributed by atoms with Crippen LogP contribution >= 0.6 is 0 Å². The van der Waals surface area contributed by atoms with Gasteiger partial charge in [-0.1, -0.05) is 0 Å². The second-order valence-corrected chi connectivity index (χ2v) is 2.51. The van der Waals surface area contributed by atoms with Crippen LogP contribution < -0.4 is 21.9 Å². The summed E-state index contributed by atoms with van der Waals surface area (Å²) in [6.45, 7) is 1.39. The van der Waals surface area contributed by atoms with Crippen LogP contribution in [0.25, 0.3) is 0 Å². The first kappa shape index (κ1) is 11.9. The van der Waals surface area contributed by atoms with Crippen LogP contribution in [0.4, 0.5) is 0 Å². The number of nitrogens with one attached hydrogen (secondary N) is 3. The van der Waals surface area contributed by atoms with Crippen molar-refractivity contribution in [3.8, 4) is 0 Å². The molecule has 0 saturated heterocycles. The molecule has 0 aliphatic rings. The second-order valence-electron chi connectivity index (χ2n) is 2.51. The number of amides is 2. The minimum Gasteiger partial charge on any atom is -0.355 e. The Morgan fingerprint density at radius 3 is 2.62 bits per heavy atom. The molecule has 0 atom stereocenters. The highest BCUT2D eigenvalue weighted by atomic mass is 16.2. The standard InChI is InChI=1S/C7H16N4O2/c8-11-4-2-1-3-10-7(13)5-9-6-12/h6,11H,1-5,8H2,(H,9,12)(H,10,13). The molecule has 0 rings (SSSR count). The fourth-order valence-electron chi connectivity index (χ4n) is 0.777. The van der Waals surface area contributed by atoms with Crippen molar-refractivity contribution in [3.63, 3.8) is 0 Å². The zero-order valence-corrected chi connectivity index (χ0v) is 7.51. The van der Waals surface area contributed by atoms with Crippen molar-refractivity contribution in [3.05, 3.63) is 0 Å². The van der Waals surface area contributed by atoms with E-state index in [1.165, 1.54) is 0 Å². The summed E-state index contributed by atoms with van der Waals surface area (Å²) in [7, 11) is 0. The van der Waals surface area contributed by atoms with Gasteiger partial charge in [0.1, 0.15) is 0 Å². The van der Waals surface area contributed by atoms with Crippen molar-refractivity contribution in [2.24, 2.45) is 5.84 Å². The highest BCUT2D eigenvalue weighted by Crippen LogP contribution is 1.82. The second kappa shape index (κ2) is 8.95. The van der Waals surface area contributed by atoms with Gasteiger partial charge in [0, 0.05) is 13.1 Å². The van der Waals surface area contributed by atoms with E-state index in [1.807, 2.05) is 0 Å². The Hall–Kier alpha value is -1.14. The lowest BCUT2D eigenvalue weighted by molar-refractivity contribution is -0.122. The summed E-state index contributed by atoms with van der Waals surface area (Å²) >= 11 is 0. The molecule has 0 aliphatic carbocycles. The van der Waals surface area contributed by atoms with Gasteiger partial charge < -0.3 is 10.6 Å². The first-order chi connectivity index (χ1) is 6.31. The van der Waals surface area contributed by atoms with Crippen LogP contribution in [0.3, 0.4) is 0 Å². The SMILES string of the molecule is NNCCCCNC(=O)CNC=O. The van der Waals surface area contributed by atoms with Gasteiger partial charge in [-0.25, -0.2) is 0 Å². The summed E-state index contributed by atoms with van der Waals surface area (Å²) in [5.74, 6) is 4.88. The number of hydrazine groups is 1.